The number of hydrogen-bond donors (Lipinski definition) is 1. The van der Waals surface area contributed by atoms with E-state index in [0.717, 1.165) is 45.0 Å². The number of nitrogens with one attached hydrogen (secondary N) is 1. The summed E-state index contributed by atoms with van der Waals surface area (Å²) in [5.41, 5.74) is 0.692. The average molecular weight is 255 g/mol. The molecule has 0 radical (unpaired) electrons. The maximum absolute atomic E-state index is 12.9. The standard InChI is InChI=1S/C14H19F2NO/c15-12-8-11(9-13(16)10-12)3-5-17-6-4-14-2-1-7-18-14/h8-10,14,17H,1-7H2. The molecule has 1 aromatic rings. The molecule has 18 heavy (non-hydrogen) atoms. The highest BCUT2D eigenvalue weighted by atomic mass is 19.1. The first kappa shape index (κ1) is 13.4. The Hall–Kier alpha value is -1.00. The zero-order chi connectivity index (χ0) is 12.8. The van der Waals surface area contributed by atoms with Gasteiger partial charge in [-0.1, -0.05) is 0 Å². The van der Waals surface area contributed by atoms with Gasteiger partial charge >= 0.3 is 0 Å². The monoisotopic (exact) mass is 255 g/mol. The van der Waals surface area contributed by atoms with Crippen molar-refractivity contribution < 1.29 is 13.5 Å². The van der Waals surface area contributed by atoms with Gasteiger partial charge in [-0.25, -0.2) is 8.78 Å². The Morgan fingerprint density at radius 2 is 1.94 bits per heavy atom. The SMILES string of the molecule is Fc1cc(F)cc(CCNCCC2CCCO2)c1. The fourth-order valence-electron chi connectivity index (χ4n) is 2.25. The van der Waals surface area contributed by atoms with Crippen molar-refractivity contribution >= 4 is 0 Å². The van der Waals surface area contributed by atoms with Crippen LogP contribution < -0.4 is 5.32 Å². The molecule has 1 aliphatic rings. The lowest BCUT2D eigenvalue weighted by atomic mass is 10.1. The van der Waals surface area contributed by atoms with Crippen LogP contribution in [0.25, 0.3) is 0 Å². The van der Waals surface area contributed by atoms with Gasteiger partial charge in [0.05, 0.1) is 6.10 Å². The van der Waals surface area contributed by atoms with Gasteiger partial charge in [0.1, 0.15) is 11.6 Å². The largest absolute Gasteiger partial charge is 0.378 e. The number of halogens is 2. The predicted octanol–water partition coefficient (Wildman–Crippen LogP) is 2.67. The highest BCUT2D eigenvalue weighted by Crippen LogP contribution is 2.14. The minimum atomic E-state index is -0.510. The summed E-state index contributed by atoms with van der Waals surface area (Å²) in [4.78, 5) is 0. The Bertz CT molecular complexity index is 358. The molecule has 1 aliphatic heterocycles. The maximum atomic E-state index is 12.9. The minimum Gasteiger partial charge on any atom is -0.378 e. The second-order valence-electron chi connectivity index (χ2n) is 4.70. The molecule has 1 heterocycles. The summed E-state index contributed by atoms with van der Waals surface area (Å²) in [6, 6.07) is 3.66. The van der Waals surface area contributed by atoms with Gasteiger partial charge in [-0.2, -0.15) is 0 Å². The quantitative estimate of drug-likeness (QED) is 0.789. The number of benzene rings is 1. The molecule has 0 amide bonds. The Morgan fingerprint density at radius 1 is 1.17 bits per heavy atom. The van der Waals surface area contributed by atoms with Gasteiger partial charge in [-0.05, 0) is 56.5 Å². The van der Waals surface area contributed by atoms with Crippen molar-refractivity contribution in [2.45, 2.75) is 31.8 Å². The molecule has 0 aromatic heterocycles. The van der Waals surface area contributed by atoms with Crippen LogP contribution in [0, 0.1) is 11.6 Å². The van der Waals surface area contributed by atoms with Crippen LogP contribution in [0.3, 0.4) is 0 Å². The predicted molar refractivity (Wildman–Crippen MR) is 66.5 cm³/mol. The van der Waals surface area contributed by atoms with E-state index in [-0.39, 0.29) is 0 Å². The zero-order valence-corrected chi connectivity index (χ0v) is 10.4. The molecule has 1 unspecified atom stereocenters. The smallest absolute Gasteiger partial charge is 0.126 e. The summed E-state index contributed by atoms with van der Waals surface area (Å²) in [7, 11) is 0. The molecule has 0 aliphatic carbocycles. The number of ether oxygens (including phenoxy) is 1. The third kappa shape index (κ3) is 4.35. The van der Waals surface area contributed by atoms with E-state index in [4.69, 9.17) is 4.74 Å². The molecule has 0 spiro atoms. The Labute approximate surface area is 106 Å². The van der Waals surface area contributed by atoms with Crippen molar-refractivity contribution in [2.75, 3.05) is 19.7 Å². The maximum Gasteiger partial charge on any atom is 0.126 e. The normalized spacial score (nSPS) is 19.3. The van der Waals surface area contributed by atoms with Gasteiger partial charge in [-0.15, -0.1) is 0 Å². The van der Waals surface area contributed by atoms with Crippen LogP contribution >= 0.6 is 0 Å². The zero-order valence-electron chi connectivity index (χ0n) is 10.4. The molecule has 1 atom stereocenters. The van der Waals surface area contributed by atoms with E-state index in [1.54, 1.807) is 0 Å². The third-order valence-electron chi connectivity index (χ3n) is 3.18. The Kier molecular flexibility index (Phi) is 5.08. The van der Waals surface area contributed by atoms with Crippen LogP contribution in [0.15, 0.2) is 18.2 Å². The molecule has 1 N–H and O–H groups in total. The summed E-state index contributed by atoms with van der Waals surface area (Å²) in [5, 5.41) is 3.27. The first-order valence-electron chi connectivity index (χ1n) is 6.51. The van der Waals surface area contributed by atoms with Gasteiger partial charge in [-0.3, -0.25) is 0 Å². The van der Waals surface area contributed by atoms with E-state index in [1.165, 1.54) is 12.1 Å². The van der Waals surface area contributed by atoms with Crippen molar-refractivity contribution in [1.29, 1.82) is 0 Å². The second kappa shape index (κ2) is 6.81. The molecular weight excluding hydrogens is 236 g/mol. The molecule has 100 valence electrons. The lowest BCUT2D eigenvalue weighted by Crippen LogP contribution is -2.22. The lowest BCUT2D eigenvalue weighted by molar-refractivity contribution is 0.104. The highest BCUT2D eigenvalue weighted by Gasteiger charge is 2.14. The van der Waals surface area contributed by atoms with E-state index < -0.39 is 11.6 Å². The first-order chi connectivity index (χ1) is 8.74. The van der Waals surface area contributed by atoms with E-state index in [9.17, 15) is 8.78 Å². The van der Waals surface area contributed by atoms with Crippen molar-refractivity contribution in [2.24, 2.45) is 0 Å². The topological polar surface area (TPSA) is 21.3 Å². The molecule has 2 nitrogen and oxygen atoms in total. The molecular formula is C14H19F2NO. The molecule has 1 fully saturated rings. The van der Waals surface area contributed by atoms with Crippen molar-refractivity contribution in [3.05, 3.63) is 35.4 Å². The van der Waals surface area contributed by atoms with Crippen LogP contribution in [0.1, 0.15) is 24.8 Å². The van der Waals surface area contributed by atoms with Crippen molar-refractivity contribution in [1.82, 2.24) is 5.32 Å². The van der Waals surface area contributed by atoms with E-state index in [0.29, 0.717) is 18.1 Å². The summed E-state index contributed by atoms with van der Waals surface area (Å²) < 4.78 is 31.4. The van der Waals surface area contributed by atoms with Gasteiger partial charge in [0.25, 0.3) is 0 Å². The fraction of sp³-hybridized carbons (Fsp3) is 0.571. The van der Waals surface area contributed by atoms with Crippen molar-refractivity contribution in [3.63, 3.8) is 0 Å². The van der Waals surface area contributed by atoms with Crippen LogP contribution in [-0.4, -0.2) is 25.8 Å². The highest BCUT2D eigenvalue weighted by molar-refractivity contribution is 5.18. The molecule has 0 saturated carbocycles. The van der Waals surface area contributed by atoms with Crippen LogP contribution in [0.4, 0.5) is 8.78 Å². The first-order valence-corrected chi connectivity index (χ1v) is 6.51. The Morgan fingerprint density at radius 3 is 2.61 bits per heavy atom. The third-order valence-corrected chi connectivity index (χ3v) is 3.18. The van der Waals surface area contributed by atoms with E-state index >= 15 is 0 Å². The summed E-state index contributed by atoms with van der Waals surface area (Å²) in [5.74, 6) is -1.02. The summed E-state index contributed by atoms with van der Waals surface area (Å²) in [6.45, 7) is 2.51. The fourth-order valence-corrected chi connectivity index (χ4v) is 2.25. The summed E-state index contributed by atoms with van der Waals surface area (Å²) >= 11 is 0. The van der Waals surface area contributed by atoms with Crippen LogP contribution in [0.2, 0.25) is 0 Å². The number of hydrogen-bond acceptors (Lipinski definition) is 2. The van der Waals surface area contributed by atoms with E-state index in [1.807, 2.05) is 0 Å². The Balaban J connectivity index is 1.62. The average Bonchev–Trinajstić information content (AvgIpc) is 2.80. The molecule has 1 saturated heterocycles. The number of rotatable bonds is 6. The molecule has 1 aromatic carbocycles. The van der Waals surface area contributed by atoms with E-state index in [2.05, 4.69) is 5.32 Å². The van der Waals surface area contributed by atoms with Gasteiger partial charge < -0.3 is 10.1 Å². The van der Waals surface area contributed by atoms with Gasteiger partial charge in [0, 0.05) is 12.7 Å². The molecule has 2 rings (SSSR count). The molecule has 0 bridgehead atoms. The molecule has 4 heteroatoms. The lowest BCUT2D eigenvalue weighted by Gasteiger charge is -2.10. The second-order valence-corrected chi connectivity index (χ2v) is 4.70. The summed E-state index contributed by atoms with van der Waals surface area (Å²) in [6.07, 6.45) is 4.35. The van der Waals surface area contributed by atoms with Crippen LogP contribution in [-0.2, 0) is 11.2 Å². The van der Waals surface area contributed by atoms with Crippen molar-refractivity contribution in [3.8, 4) is 0 Å². The van der Waals surface area contributed by atoms with Gasteiger partial charge in [0.15, 0.2) is 0 Å². The van der Waals surface area contributed by atoms with Crippen LogP contribution in [0.5, 0.6) is 0 Å². The minimum absolute atomic E-state index is 0.393. The van der Waals surface area contributed by atoms with Gasteiger partial charge in [0.2, 0.25) is 0 Å².